The van der Waals surface area contributed by atoms with E-state index in [0.29, 0.717) is 6.54 Å². The van der Waals surface area contributed by atoms with Crippen molar-refractivity contribution in [2.75, 3.05) is 20.1 Å². The number of hydrogen-bond acceptors (Lipinski definition) is 6. The second-order valence-corrected chi connectivity index (χ2v) is 8.73. The molecule has 0 saturated carbocycles. The van der Waals surface area contributed by atoms with E-state index in [4.69, 9.17) is 5.10 Å². The Balaban J connectivity index is 1.44. The molecule has 0 radical (unpaired) electrons. The van der Waals surface area contributed by atoms with Gasteiger partial charge in [-0.15, -0.1) is 22.7 Å². The molecule has 0 aliphatic carbocycles. The minimum absolute atomic E-state index is 0.00575. The van der Waals surface area contributed by atoms with E-state index in [9.17, 15) is 4.79 Å². The molecule has 1 amide bonds. The molecule has 3 aromatic heterocycles. The highest BCUT2D eigenvalue weighted by atomic mass is 32.1. The van der Waals surface area contributed by atoms with Gasteiger partial charge in [-0.2, -0.15) is 5.10 Å². The van der Waals surface area contributed by atoms with E-state index in [2.05, 4.69) is 22.5 Å². The quantitative estimate of drug-likeness (QED) is 0.590. The molecule has 0 saturated heterocycles. The normalized spacial score (nSPS) is 16.6. The number of thiophene rings is 2. The molecule has 0 bridgehead atoms. The molecule has 0 N–H and O–H groups in total. The Morgan fingerprint density at radius 1 is 1.18 bits per heavy atom. The zero-order chi connectivity index (χ0) is 19.3. The third-order valence-corrected chi connectivity index (χ3v) is 6.62. The molecule has 4 heterocycles. The SMILES string of the molecule is CN(CCc1ccccn1)CC(=O)N1N=C(c2cccs2)CC1c1cccs1. The standard InChI is InChI=1S/C21H22N4OS2/c1-24(11-9-16-6-2-3-10-22-16)15-21(26)25-18(20-8-5-13-28-20)14-17(23-25)19-7-4-12-27-19/h2-8,10,12-13,18H,9,11,14-15H2,1H3. The van der Waals surface area contributed by atoms with Gasteiger partial charge in [-0.25, -0.2) is 5.01 Å². The Bertz CT molecular complexity index is 923. The first-order chi connectivity index (χ1) is 13.7. The maximum atomic E-state index is 13.1. The number of likely N-dealkylation sites (N-methyl/N-ethyl adjacent to an activating group) is 1. The lowest BCUT2D eigenvalue weighted by Gasteiger charge is -2.23. The number of carbonyl (C=O) groups is 1. The van der Waals surface area contributed by atoms with Crippen molar-refractivity contribution in [3.05, 3.63) is 74.9 Å². The third-order valence-electron chi connectivity index (χ3n) is 4.72. The van der Waals surface area contributed by atoms with E-state index in [1.165, 1.54) is 4.88 Å². The Hall–Kier alpha value is -2.35. The summed E-state index contributed by atoms with van der Waals surface area (Å²) >= 11 is 3.35. The van der Waals surface area contributed by atoms with Crippen LogP contribution in [0.4, 0.5) is 0 Å². The Kier molecular flexibility index (Phi) is 5.95. The number of aromatic nitrogens is 1. The van der Waals surface area contributed by atoms with E-state index < -0.39 is 0 Å². The van der Waals surface area contributed by atoms with Crippen molar-refractivity contribution >= 4 is 34.3 Å². The van der Waals surface area contributed by atoms with E-state index in [0.717, 1.165) is 35.7 Å². The maximum absolute atomic E-state index is 13.1. The number of hydrogen-bond donors (Lipinski definition) is 0. The summed E-state index contributed by atoms with van der Waals surface area (Å²) in [7, 11) is 1.97. The van der Waals surface area contributed by atoms with Crippen LogP contribution >= 0.6 is 22.7 Å². The van der Waals surface area contributed by atoms with Crippen LogP contribution in [-0.2, 0) is 11.2 Å². The molecule has 0 spiro atoms. The van der Waals surface area contributed by atoms with Gasteiger partial charge in [0.15, 0.2) is 0 Å². The van der Waals surface area contributed by atoms with Gasteiger partial charge < -0.3 is 0 Å². The lowest BCUT2D eigenvalue weighted by molar-refractivity contribution is -0.133. The average Bonchev–Trinajstić information content (AvgIpc) is 3.47. The molecule has 1 unspecified atom stereocenters. The molecule has 0 fully saturated rings. The first-order valence-corrected chi connectivity index (χ1v) is 11.0. The first-order valence-electron chi connectivity index (χ1n) is 9.26. The second kappa shape index (κ2) is 8.77. The summed E-state index contributed by atoms with van der Waals surface area (Å²) in [6.07, 6.45) is 3.39. The van der Waals surface area contributed by atoms with Gasteiger partial charge in [0.05, 0.1) is 23.2 Å². The van der Waals surface area contributed by atoms with Crippen molar-refractivity contribution in [2.45, 2.75) is 18.9 Å². The predicted octanol–water partition coefficient (Wildman–Crippen LogP) is 4.06. The molecule has 4 rings (SSSR count). The smallest absolute Gasteiger partial charge is 0.257 e. The van der Waals surface area contributed by atoms with E-state index >= 15 is 0 Å². The van der Waals surface area contributed by atoms with Crippen molar-refractivity contribution < 1.29 is 4.79 Å². The number of hydrazone groups is 1. The summed E-state index contributed by atoms with van der Waals surface area (Å²) in [4.78, 5) is 21.8. The summed E-state index contributed by atoms with van der Waals surface area (Å²) in [6, 6.07) is 14.1. The van der Waals surface area contributed by atoms with Gasteiger partial charge in [0, 0.05) is 36.2 Å². The van der Waals surface area contributed by atoms with Crippen molar-refractivity contribution in [1.29, 1.82) is 0 Å². The number of carbonyl (C=O) groups excluding carboxylic acids is 1. The van der Waals surface area contributed by atoms with Crippen molar-refractivity contribution in [3.63, 3.8) is 0 Å². The zero-order valence-electron chi connectivity index (χ0n) is 15.7. The molecule has 1 aliphatic rings. The summed E-state index contributed by atoms with van der Waals surface area (Å²) in [5.74, 6) is 0.0356. The van der Waals surface area contributed by atoms with Gasteiger partial charge in [0.2, 0.25) is 0 Å². The van der Waals surface area contributed by atoms with Gasteiger partial charge in [-0.05, 0) is 42.1 Å². The third kappa shape index (κ3) is 4.38. The molecule has 7 heteroatoms. The number of rotatable bonds is 7. The van der Waals surface area contributed by atoms with Crippen molar-refractivity contribution in [3.8, 4) is 0 Å². The summed E-state index contributed by atoms with van der Waals surface area (Å²) in [6.45, 7) is 1.12. The van der Waals surface area contributed by atoms with Gasteiger partial charge >= 0.3 is 0 Å². The predicted molar refractivity (Wildman–Crippen MR) is 115 cm³/mol. The van der Waals surface area contributed by atoms with Crippen LogP contribution in [0.3, 0.4) is 0 Å². The summed E-state index contributed by atoms with van der Waals surface area (Å²) < 4.78 is 0. The fourth-order valence-corrected chi connectivity index (χ4v) is 4.80. The van der Waals surface area contributed by atoms with Crippen LogP contribution in [0.5, 0.6) is 0 Å². The topological polar surface area (TPSA) is 48.8 Å². The minimum Gasteiger partial charge on any atom is -0.297 e. The van der Waals surface area contributed by atoms with Crippen LogP contribution in [0.2, 0.25) is 0 Å². The molecule has 28 heavy (non-hydrogen) atoms. The van der Waals surface area contributed by atoms with Gasteiger partial charge in [0.1, 0.15) is 0 Å². The van der Waals surface area contributed by atoms with Gasteiger partial charge in [0.25, 0.3) is 5.91 Å². The van der Waals surface area contributed by atoms with Crippen LogP contribution in [-0.4, -0.2) is 46.6 Å². The van der Waals surface area contributed by atoms with Gasteiger partial charge in [-0.1, -0.05) is 18.2 Å². The highest BCUT2D eigenvalue weighted by Gasteiger charge is 2.34. The van der Waals surface area contributed by atoms with E-state index in [-0.39, 0.29) is 11.9 Å². The molecule has 144 valence electrons. The number of pyridine rings is 1. The molecule has 1 atom stereocenters. The Morgan fingerprint density at radius 3 is 2.75 bits per heavy atom. The number of amides is 1. The monoisotopic (exact) mass is 410 g/mol. The summed E-state index contributed by atoms with van der Waals surface area (Å²) in [5, 5.41) is 10.5. The van der Waals surface area contributed by atoms with E-state index in [1.54, 1.807) is 33.9 Å². The highest BCUT2D eigenvalue weighted by Crippen LogP contribution is 2.35. The average molecular weight is 411 g/mol. The van der Waals surface area contributed by atoms with Crippen LogP contribution in [0.25, 0.3) is 0 Å². The lowest BCUT2D eigenvalue weighted by atomic mass is 10.1. The van der Waals surface area contributed by atoms with Crippen molar-refractivity contribution in [2.24, 2.45) is 5.10 Å². The first kappa shape index (κ1) is 19.0. The molecular formula is C21H22N4OS2. The second-order valence-electron chi connectivity index (χ2n) is 6.81. The number of nitrogens with zero attached hydrogens (tertiary/aromatic N) is 4. The van der Waals surface area contributed by atoms with Crippen LogP contribution in [0.15, 0.2) is 64.5 Å². The molecule has 1 aliphatic heterocycles. The van der Waals surface area contributed by atoms with Crippen molar-refractivity contribution in [1.82, 2.24) is 14.9 Å². The Labute approximate surface area is 173 Å². The zero-order valence-corrected chi connectivity index (χ0v) is 17.3. The van der Waals surface area contributed by atoms with Crippen LogP contribution < -0.4 is 0 Å². The fourth-order valence-electron chi connectivity index (χ4n) is 3.27. The van der Waals surface area contributed by atoms with E-state index in [1.807, 2.05) is 47.7 Å². The van der Waals surface area contributed by atoms with Crippen LogP contribution in [0, 0.1) is 0 Å². The molecule has 5 nitrogen and oxygen atoms in total. The maximum Gasteiger partial charge on any atom is 0.257 e. The summed E-state index contributed by atoms with van der Waals surface area (Å²) in [5.41, 5.74) is 2.04. The largest absolute Gasteiger partial charge is 0.297 e. The Morgan fingerprint density at radius 2 is 2.04 bits per heavy atom. The lowest BCUT2D eigenvalue weighted by Crippen LogP contribution is -2.37. The highest BCUT2D eigenvalue weighted by molar-refractivity contribution is 7.12. The minimum atomic E-state index is -0.00575. The molecule has 0 aromatic carbocycles. The fraction of sp³-hybridized carbons (Fsp3) is 0.286. The van der Waals surface area contributed by atoms with Gasteiger partial charge in [-0.3, -0.25) is 14.7 Å². The van der Waals surface area contributed by atoms with Crippen LogP contribution in [0.1, 0.15) is 27.9 Å². The molecule has 3 aromatic rings. The molecular weight excluding hydrogens is 388 g/mol.